The standard InChI is InChI=1S/C11H20N2/c1-2-9(1)11(10-3-4-10)13-7-8-5-12-6-8/h8-13H,1-7H2. The molecule has 3 rings (SSSR count). The number of hydrogen-bond donors (Lipinski definition) is 2. The van der Waals surface area contributed by atoms with Gasteiger partial charge in [0.25, 0.3) is 0 Å². The minimum atomic E-state index is 0.903. The SMILES string of the molecule is C1NCC1CNC(C1CC1)C1CC1. The Balaban J connectivity index is 1.44. The van der Waals surface area contributed by atoms with Crippen LogP contribution >= 0.6 is 0 Å². The summed E-state index contributed by atoms with van der Waals surface area (Å²) in [4.78, 5) is 0. The van der Waals surface area contributed by atoms with Crippen LogP contribution in [-0.4, -0.2) is 25.7 Å². The molecule has 1 aliphatic heterocycles. The van der Waals surface area contributed by atoms with Crippen molar-refractivity contribution in [1.29, 1.82) is 0 Å². The molecule has 1 saturated heterocycles. The lowest BCUT2D eigenvalue weighted by atomic mass is 10.0. The highest BCUT2D eigenvalue weighted by Gasteiger charge is 2.41. The molecule has 0 radical (unpaired) electrons. The van der Waals surface area contributed by atoms with Crippen molar-refractivity contribution in [3.8, 4) is 0 Å². The van der Waals surface area contributed by atoms with Crippen LogP contribution in [0.4, 0.5) is 0 Å². The third-order valence-corrected chi connectivity index (χ3v) is 3.77. The molecule has 3 aliphatic rings. The van der Waals surface area contributed by atoms with Gasteiger partial charge < -0.3 is 10.6 Å². The summed E-state index contributed by atoms with van der Waals surface area (Å²) in [6.45, 7) is 3.76. The van der Waals surface area contributed by atoms with Crippen molar-refractivity contribution >= 4 is 0 Å². The first kappa shape index (κ1) is 8.25. The quantitative estimate of drug-likeness (QED) is 0.659. The molecule has 1 heterocycles. The molecule has 0 spiro atoms. The van der Waals surface area contributed by atoms with Crippen LogP contribution in [-0.2, 0) is 0 Å². The van der Waals surface area contributed by atoms with E-state index in [1.54, 1.807) is 0 Å². The minimum Gasteiger partial charge on any atom is -0.316 e. The minimum absolute atomic E-state index is 0.903. The predicted octanol–water partition coefficient (Wildman–Crippen LogP) is 0.984. The first-order valence-corrected chi connectivity index (χ1v) is 5.87. The van der Waals surface area contributed by atoms with Gasteiger partial charge in [-0.25, -0.2) is 0 Å². The van der Waals surface area contributed by atoms with Gasteiger partial charge >= 0.3 is 0 Å². The Bertz CT molecular complexity index is 169. The summed E-state index contributed by atoms with van der Waals surface area (Å²) in [7, 11) is 0. The summed E-state index contributed by atoms with van der Waals surface area (Å²) >= 11 is 0. The van der Waals surface area contributed by atoms with Crippen LogP contribution in [0.2, 0.25) is 0 Å². The number of hydrogen-bond acceptors (Lipinski definition) is 2. The molecule has 2 saturated carbocycles. The average Bonchev–Trinajstić information content (AvgIpc) is 2.84. The molecule has 0 amide bonds. The van der Waals surface area contributed by atoms with Gasteiger partial charge in [0.2, 0.25) is 0 Å². The molecule has 74 valence electrons. The molecule has 2 N–H and O–H groups in total. The maximum atomic E-state index is 3.81. The predicted molar refractivity (Wildman–Crippen MR) is 53.6 cm³/mol. The number of rotatable bonds is 5. The zero-order valence-corrected chi connectivity index (χ0v) is 8.26. The number of nitrogens with one attached hydrogen (secondary N) is 2. The van der Waals surface area contributed by atoms with Crippen molar-refractivity contribution in [2.24, 2.45) is 17.8 Å². The molecule has 2 nitrogen and oxygen atoms in total. The van der Waals surface area contributed by atoms with Crippen molar-refractivity contribution in [3.63, 3.8) is 0 Å². The fourth-order valence-corrected chi connectivity index (χ4v) is 2.42. The van der Waals surface area contributed by atoms with Crippen LogP contribution in [0.15, 0.2) is 0 Å². The molecule has 13 heavy (non-hydrogen) atoms. The highest BCUT2D eigenvalue weighted by molar-refractivity contribution is 4.96. The van der Waals surface area contributed by atoms with E-state index < -0.39 is 0 Å². The fraction of sp³-hybridized carbons (Fsp3) is 1.00. The van der Waals surface area contributed by atoms with Gasteiger partial charge in [-0.1, -0.05) is 0 Å². The van der Waals surface area contributed by atoms with Crippen LogP contribution in [0.5, 0.6) is 0 Å². The maximum Gasteiger partial charge on any atom is 0.0124 e. The summed E-state index contributed by atoms with van der Waals surface area (Å²) in [5, 5.41) is 7.14. The Labute approximate surface area is 80.5 Å². The van der Waals surface area contributed by atoms with E-state index in [4.69, 9.17) is 0 Å². The monoisotopic (exact) mass is 180 g/mol. The summed E-state index contributed by atoms with van der Waals surface area (Å²) in [5.74, 6) is 3.04. The molecule has 3 fully saturated rings. The molecule has 2 heteroatoms. The molecule has 0 unspecified atom stereocenters. The third-order valence-electron chi connectivity index (χ3n) is 3.77. The van der Waals surface area contributed by atoms with Crippen molar-refractivity contribution < 1.29 is 0 Å². The van der Waals surface area contributed by atoms with Crippen molar-refractivity contribution in [3.05, 3.63) is 0 Å². The van der Waals surface area contributed by atoms with Gasteiger partial charge in [0.05, 0.1) is 0 Å². The Kier molecular flexibility index (Phi) is 2.06. The van der Waals surface area contributed by atoms with Gasteiger partial charge in [0.1, 0.15) is 0 Å². The second kappa shape index (κ2) is 3.25. The van der Waals surface area contributed by atoms with Gasteiger partial charge in [-0.15, -0.1) is 0 Å². The van der Waals surface area contributed by atoms with E-state index in [1.807, 2.05) is 0 Å². The fourth-order valence-electron chi connectivity index (χ4n) is 2.42. The average molecular weight is 180 g/mol. The Morgan fingerprint density at radius 3 is 2.08 bits per heavy atom. The largest absolute Gasteiger partial charge is 0.316 e. The van der Waals surface area contributed by atoms with Gasteiger partial charge in [-0.05, 0) is 43.4 Å². The van der Waals surface area contributed by atoms with E-state index >= 15 is 0 Å². The molecular weight excluding hydrogens is 160 g/mol. The van der Waals surface area contributed by atoms with E-state index in [9.17, 15) is 0 Å². The smallest absolute Gasteiger partial charge is 0.0124 e. The second-order valence-corrected chi connectivity index (χ2v) is 5.13. The summed E-state index contributed by atoms with van der Waals surface area (Å²) in [5.41, 5.74) is 0. The van der Waals surface area contributed by atoms with E-state index in [2.05, 4.69) is 10.6 Å². The Morgan fingerprint density at radius 1 is 1.08 bits per heavy atom. The highest BCUT2D eigenvalue weighted by Crippen LogP contribution is 2.44. The van der Waals surface area contributed by atoms with E-state index in [-0.39, 0.29) is 0 Å². The second-order valence-electron chi connectivity index (χ2n) is 5.13. The van der Waals surface area contributed by atoms with Crippen LogP contribution in [0, 0.1) is 17.8 Å². The topological polar surface area (TPSA) is 24.1 Å². The van der Waals surface area contributed by atoms with Crippen molar-refractivity contribution in [2.75, 3.05) is 19.6 Å². The molecule has 0 aromatic carbocycles. The maximum absolute atomic E-state index is 3.81. The molecule has 0 aromatic heterocycles. The zero-order chi connectivity index (χ0) is 8.67. The highest BCUT2D eigenvalue weighted by atomic mass is 15.0. The molecule has 0 atom stereocenters. The van der Waals surface area contributed by atoms with Crippen LogP contribution < -0.4 is 10.6 Å². The summed E-state index contributed by atoms with van der Waals surface area (Å²) in [6.07, 6.45) is 5.99. The van der Waals surface area contributed by atoms with E-state index in [1.165, 1.54) is 45.3 Å². The lowest BCUT2D eigenvalue weighted by Gasteiger charge is -2.29. The molecule has 2 aliphatic carbocycles. The molecule has 0 aromatic rings. The molecule has 0 bridgehead atoms. The first-order chi connectivity index (χ1) is 6.43. The van der Waals surface area contributed by atoms with E-state index in [0.29, 0.717) is 0 Å². The lowest BCUT2D eigenvalue weighted by molar-refractivity contribution is 0.298. The van der Waals surface area contributed by atoms with E-state index in [0.717, 1.165) is 23.8 Å². The van der Waals surface area contributed by atoms with Crippen LogP contribution in [0.1, 0.15) is 25.7 Å². The summed E-state index contributed by atoms with van der Waals surface area (Å²) in [6, 6.07) is 0.903. The van der Waals surface area contributed by atoms with Gasteiger partial charge in [-0.3, -0.25) is 0 Å². The van der Waals surface area contributed by atoms with Gasteiger partial charge in [0, 0.05) is 25.7 Å². The van der Waals surface area contributed by atoms with Crippen LogP contribution in [0.25, 0.3) is 0 Å². The van der Waals surface area contributed by atoms with Crippen molar-refractivity contribution in [2.45, 2.75) is 31.7 Å². The van der Waals surface area contributed by atoms with Crippen molar-refractivity contribution in [1.82, 2.24) is 10.6 Å². The van der Waals surface area contributed by atoms with Crippen LogP contribution in [0.3, 0.4) is 0 Å². The Hall–Kier alpha value is -0.0800. The zero-order valence-electron chi connectivity index (χ0n) is 8.26. The van der Waals surface area contributed by atoms with Gasteiger partial charge in [0.15, 0.2) is 0 Å². The third kappa shape index (κ3) is 1.89. The lowest BCUT2D eigenvalue weighted by Crippen LogP contribution is -2.49. The summed E-state index contributed by atoms with van der Waals surface area (Å²) < 4.78 is 0. The van der Waals surface area contributed by atoms with Gasteiger partial charge in [-0.2, -0.15) is 0 Å². The first-order valence-electron chi connectivity index (χ1n) is 5.87. The Morgan fingerprint density at radius 2 is 1.69 bits per heavy atom. The molecular formula is C11H20N2. The normalized spacial score (nSPS) is 29.3.